The van der Waals surface area contributed by atoms with Gasteiger partial charge in [-0.15, -0.1) is 0 Å². The molecule has 0 aromatic heterocycles. The Hall–Kier alpha value is -2.50. The number of carbonyl (C=O) groups is 1. The molecular formula is C20H22ClN3O2. The minimum Gasteiger partial charge on any atom is -0.497 e. The van der Waals surface area contributed by atoms with E-state index in [1.807, 2.05) is 42.5 Å². The van der Waals surface area contributed by atoms with Crippen molar-refractivity contribution in [2.24, 2.45) is 5.73 Å². The van der Waals surface area contributed by atoms with Gasteiger partial charge in [0.1, 0.15) is 5.75 Å². The SMILES string of the molecule is COc1cccc(NC(=O)C2=C(N)CN(Cc3ccc(Cl)cc3)CC2)c1. The van der Waals surface area contributed by atoms with Gasteiger partial charge in [0.15, 0.2) is 0 Å². The second-order valence-electron chi connectivity index (χ2n) is 6.28. The van der Waals surface area contributed by atoms with Gasteiger partial charge in [-0.1, -0.05) is 29.8 Å². The number of rotatable bonds is 5. The minimum atomic E-state index is -0.151. The maximum atomic E-state index is 12.6. The molecule has 6 heteroatoms. The van der Waals surface area contributed by atoms with Crippen molar-refractivity contribution < 1.29 is 9.53 Å². The molecule has 0 saturated carbocycles. The van der Waals surface area contributed by atoms with Crippen molar-refractivity contribution in [3.8, 4) is 5.75 Å². The Labute approximate surface area is 158 Å². The first-order chi connectivity index (χ1) is 12.5. The van der Waals surface area contributed by atoms with Gasteiger partial charge in [0.2, 0.25) is 0 Å². The lowest BCUT2D eigenvalue weighted by atomic mass is 10.0. The first-order valence-corrected chi connectivity index (χ1v) is 8.82. The van der Waals surface area contributed by atoms with Crippen LogP contribution in [0.4, 0.5) is 5.69 Å². The van der Waals surface area contributed by atoms with Crippen molar-refractivity contribution in [1.82, 2.24) is 4.90 Å². The van der Waals surface area contributed by atoms with E-state index in [9.17, 15) is 4.79 Å². The zero-order valence-corrected chi connectivity index (χ0v) is 15.4. The largest absolute Gasteiger partial charge is 0.497 e. The normalized spacial score (nSPS) is 15.0. The molecule has 3 N–H and O–H groups in total. The van der Waals surface area contributed by atoms with Crippen LogP contribution in [0.1, 0.15) is 12.0 Å². The highest BCUT2D eigenvalue weighted by atomic mass is 35.5. The van der Waals surface area contributed by atoms with Gasteiger partial charge in [0.05, 0.1) is 7.11 Å². The molecule has 0 spiro atoms. The van der Waals surface area contributed by atoms with E-state index in [-0.39, 0.29) is 5.91 Å². The first-order valence-electron chi connectivity index (χ1n) is 8.45. The number of halogens is 1. The molecule has 0 fully saturated rings. The van der Waals surface area contributed by atoms with Crippen LogP contribution in [0, 0.1) is 0 Å². The number of ether oxygens (including phenoxy) is 1. The summed E-state index contributed by atoms with van der Waals surface area (Å²) in [6.45, 7) is 2.14. The molecule has 3 rings (SSSR count). The number of benzene rings is 2. The predicted molar refractivity (Wildman–Crippen MR) is 104 cm³/mol. The average Bonchev–Trinajstić information content (AvgIpc) is 2.64. The van der Waals surface area contributed by atoms with Gasteiger partial charge in [-0.2, -0.15) is 0 Å². The van der Waals surface area contributed by atoms with Crippen molar-refractivity contribution in [3.63, 3.8) is 0 Å². The van der Waals surface area contributed by atoms with Crippen LogP contribution in [0.2, 0.25) is 5.02 Å². The van der Waals surface area contributed by atoms with E-state index in [4.69, 9.17) is 22.1 Å². The predicted octanol–water partition coefficient (Wildman–Crippen LogP) is 3.41. The third-order valence-electron chi connectivity index (χ3n) is 4.38. The summed E-state index contributed by atoms with van der Waals surface area (Å²) in [6.07, 6.45) is 0.620. The van der Waals surface area contributed by atoms with E-state index in [1.165, 1.54) is 5.56 Å². The molecule has 0 atom stereocenters. The molecule has 1 aliphatic heterocycles. The summed E-state index contributed by atoms with van der Waals surface area (Å²) >= 11 is 5.92. The molecule has 0 aliphatic carbocycles. The Kier molecular flexibility index (Phi) is 5.81. The first kappa shape index (κ1) is 18.3. The number of amides is 1. The fourth-order valence-corrected chi connectivity index (χ4v) is 3.12. The summed E-state index contributed by atoms with van der Waals surface area (Å²) in [5, 5.41) is 3.62. The molecule has 1 heterocycles. The molecule has 1 amide bonds. The summed E-state index contributed by atoms with van der Waals surface area (Å²) in [4.78, 5) is 14.8. The van der Waals surface area contributed by atoms with E-state index in [0.717, 1.165) is 18.1 Å². The van der Waals surface area contributed by atoms with E-state index in [0.29, 0.717) is 35.7 Å². The maximum Gasteiger partial charge on any atom is 0.253 e. The monoisotopic (exact) mass is 371 g/mol. The third kappa shape index (κ3) is 4.56. The Morgan fingerprint density at radius 1 is 1.27 bits per heavy atom. The number of nitrogens with one attached hydrogen (secondary N) is 1. The van der Waals surface area contributed by atoms with E-state index >= 15 is 0 Å². The summed E-state index contributed by atoms with van der Waals surface area (Å²) in [5.41, 5.74) is 9.32. The minimum absolute atomic E-state index is 0.151. The van der Waals surface area contributed by atoms with Gasteiger partial charge in [0, 0.05) is 47.7 Å². The molecule has 0 saturated heterocycles. The van der Waals surface area contributed by atoms with Crippen molar-refractivity contribution >= 4 is 23.2 Å². The molecule has 0 bridgehead atoms. The van der Waals surface area contributed by atoms with Crippen molar-refractivity contribution in [3.05, 3.63) is 70.4 Å². The second-order valence-corrected chi connectivity index (χ2v) is 6.71. The molecule has 5 nitrogen and oxygen atoms in total. The van der Waals surface area contributed by atoms with E-state index in [2.05, 4.69) is 10.2 Å². The number of nitrogens with two attached hydrogens (primary N) is 1. The maximum absolute atomic E-state index is 12.6. The highest BCUT2D eigenvalue weighted by molar-refractivity contribution is 6.30. The fourth-order valence-electron chi connectivity index (χ4n) is 3.00. The van der Waals surface area contributed by atoms with Crippen LogP contribution < -0.4 is 15.8 Å². The molecule has 26 heavy (non-hydrogen) atoms. The highest BCUT2D eigenvalue weighted by Gasteiger charge is 2.22. The number of hydrogen-bond acceptors (Lipinski definition) is 4. The van der Waals surface area contributed by atoms with Crippen LogP contribution in [0.3, 0.4) is 0 Å². The molecule has 136 valence electrons. The van der Waals surface area contributed by atoms with Gasteiger partial charge >= 0.3 is 0 Å². The standard InChI is InChI=1S/C20H22ClN3O2/c1-26-17-4-2-3-16(11-17)23-20(25)18-9-10-24(13-19(18)22)12-14-5-7-15(21)8-6-14/h2-8,11H,9-10,12-13,22H2,1H3,(H,23,25). The van der Waals surface area contributed by atoms with Gasteiger partial charge in [-0.05, 0) is 36.2 Å². The molecule has 2 aromatic carbocycles. The Balaban J connectivity index is 1.63. The fraction of sp³-hybridized carbons (Fsp3) is 0.250. The molecule has 2 aromatic rings. The van der Waals surface area contributed by atoms with Crippen molar-refractivity contribution in [2.45, 2.75) is 13.0 Å². The van der Waals surface area contributed by atoms with E-state index in [1.54, 1.807) is 13.2 Å². The zero-order chi connectivity index (χ0) is 18.5. The Morgan fingerprint density at radius 2 is 2.04 bits per heavy atom. The molecular weight excluding hydrogens is 350 g/mol. The zero-order valence-electron chi connectivity index (χ0n) is 14.7. The van der Waals surface area contributed by atoms with Crippen molar-refractivity contribution in [1.29, 1.82) is 0 Å². The van der Waals surface area contributed by atoms with Crippen LogP contribution in [-0.2, 0) is 11.3 Å². The van der Waals surface area contributed by atoms with Crippen LogP contribution in [0.15, 0.2) is 59.8 Å². The van der Waals surface area contributed by atoms with Crippen LogP contribution in [0.25, 0.3) is 0 Å². The number of carbonyl (C=O) groups excluding carboxylic acids is 1. The summed E-state index contributed by atoms with van der Waals surface area (Å²) < 4.78 is 5.18. The van der Waals surface area contributed by atoms with Gasteiger partial charge in [-0.3, -0.25) is 9.69 Å². The molecule has 0 unspecified atom stereocenters. The Bertz CT molecular complexity index is 818. The van der Waals surface area contributed by atoms with Gasteiger partial charge < -0.3 is 15.8 Å². The quantitative estimate of drug-likeness (QED) is 0.845. The lowest BCUT2D eigenvalue weighted by Crippen LogP contribution is -2.36. The van der Waals surface area contributed by atoms with Crippen molar-refractivity contribution in [2.75, 3.05) is 25.5 Å². The molecule has 1 aliphatic rings. The average molecular weight is 372 g/mol. The van der Waals surface area contributed by atoms with Gasteiger partial charge in [0.25, 0.3) is 5.91 Å². The Morgan fingerprint density at radius 3 is 2.73 bits per heavy atom. The lowest BCUT2D eigenvalue weighted by Gasteiger charge is -2.28. The summed E-state index contributed by atoms with van der Waals surface area (Å²) in [5.74, 6) is 0.546. The number of nitrogens with zero attached hydrogens (tertiary/aromatic N) is 1. The smallest absolute Gasteiger partial charge is 0.253 e. The number of hydrogen-bond donors (Lipinski definition) is 2. The van der Waals surface area contributed by atoms with Gasteiger partial charge in [-0.25, -0.2) is 0 Å². The van der Waals surface area contributed by atoms with E-state index < -0.39 is 0 Å². The second kappa shape index (κ2) is 8.25. The number of anilines is 1. The summed E-state index contributed by atoms with van der Waals surface area (Å²) in [7, 11) is 1.60. The van der Waals surface area contributed by atoms with Crippen LogP contribution in [-0.4, -0.2) is 31.0 Å². The summed E-state index contributed by atoms with van der Waals surface area (Å²) in [6, 6.07) is 15.1. The number of methoxy groups -OCH3 is 1. The lowest BCUT2D eigenvalue weighted by molar-refractivity contribution is -0.113. The topological polar surface area (TPSA) is 67.6 Å². The van der Waals surface area contributed by atoms with Crippen LogP contribution in [0.5, 0.6) is 5.75 Å². The molecule has 0 radical (unpaired) electrons. The highest BCUT2D eigenvalue weighted by Crippen LogP contribution is 2.21. The third-order valence-corrected chi connectivity index (χ3v) is 4.63. The van der Waals surface area contributed by atoms with Crippen LogP contribution >= 0.6 is 11.6 Å².